The topological polar surface area (TPSA) is 163 Å². The number of halogens is 2. The molecule has 73 heavy (non-hydrogen) atoms. The molecule has 2 atom stereocenters. The zero-order chi connectivity index (χ0) is 51.5. The van der Waals surface area contributed by atoms with Gasteiger partial charge in [0.1, 0.15) is 11.4 Å². The third-order valence-corrected chi connectivity index (χ3v) is 12.3. The Hall–Kier alpha value is -8.06. The van der Waals surface area contributed by atoms with Gasteiger partial charge in [0.25, 0.3) is 11.8 Å². The lowest BCUT2D eigenvalue weighted by atomic mass is 10.1. The molecule has 8 aromatic rings. The molecule has 0 spiro atoms. The summed E-state index contributed by atoms with van der Waals surface area (Å²) in [5.41, 5.74) is 10.1. The molecule has 0 saturated heterocycles. The first-order chi connectivity index (χ1) is 35.6. The molecule has 16 heteroatoms. The Balaban J connectivity index is 0.000000193. The lowest BCUT2D eigenvalue weighted by Crippen LogP contribution is -2.44. The normalized spacial score (nSPS) is 14.4. The van der Waals surface area contributed by atoms with Gasteiger partial charge in [-0.2, -0.15) is 29.4 Å². The fraction of sp³-hybridized carbons (Fsp3) is 0.193. The van der Waals surface area contributed by atoms with Crippen molar-refractivity contribution in [3.05, 3.63) is 225 Å². The Bertz CT molecular complexity index is 3110. The number of aromatic nitrogens is 4. The number of hydrogen-bond acceptors (Lipinski definition) is 10. The number of nitrogens with zero attached hydrogens (tertiary/aromatic N) is 6. The van der Waals surface area contributed by atoms with E-state index in [0.717, 1.165) is 44.8 Å². The number of ether oxygens (including phenoxy) is 2. The quantitative estimate of drug-likeness (QED) is 0.102. The Morgan fingerprint density at radius 2 is 0.863 bits per heavy atom. The molecule has 0 radical (unpaired) electrons. The standard InChI is InChI=1S/C28H26ClN3O2.C27H24ClN3O2.2CO2/c1-20-6-5-9-22(14-20)16-31-17-25(19-34-18-21-7-3-2-4-8-21)32-27(28(31)33)15-26(30-32)23-10-12-24(29)13-11-23;28-23-13-11-22(12-14-23)25-15-26-27(32)30(16-20-7-3-1-4-8-20)17-24(31(26)29-25)19-33-18-21-9-5-2-6-10-21;2*2-1-3/h2-15,25H,16-19H2,1H3;1-15,24H,16-19H2;;. The van der Waals surface area contributed by atoms with Crippen molar-refractivity contribution in [3.63, 3.8) is 0 Å². The van der Waals surface area contributed by atoms with Gasteiger partial charge in [-0.3, -0.25) is 19.0 Å². The third-order valence-electron chi connectivity index (χ3n) is 11.8. The predicted molar refractivity (Wildman–Crippen MR) is 273 cm³/mol. The fourth-order valence-electron chi connectivity index (χ4n) is 8.47. The van der Waals surface area contributed by atoms with E-state index >= 15 is 0 Å². The maximum absolute atomic E-state index is 13.4. The molecule has 14 nitrogen and oxygen atoms in total. The van der Waals surface area contributed by atoms with E-state index in [9.17, 15) is 9.59 Å². The van der Waals surface area contributed by atoms with Gasteiger partial charge in [-0.05, 0) is 65.6 Å². The van der Waals surface area contributed by atoms with E-state index in [2.05, 4.69) is 25.1 Å². The van der Waals surface area contributed by atoms with Crippen molar-refractivity contribution in [2.75, 3.05) is 26.3 Å². The maximum atomic E-state index is 13.4. The van der Waals surface area contributed by atoms with Crippen LogP contribution in [0.1, 0.15) is 60.9 Å². The molecule has 0 bridgehead atoms. The van der Waals surface area contributed by atoms with Crippen LogP contribution in [0.15, 0.2) is 176 Å². The van der Waals surface area contributed by atoms with Crippen molar-refractivity contribution in [3.8, 4) is 22.5 Å². The molecule has 0 N–H and O–H groups in total. The fourth-order valence-corrected chi connectivity index (χ4v) is 8.72. The first-order valence-corrected chi connectivity index (χ1v) is 23.9. The summed E-state index contributed by atoms with van der Waals surface area (Å²) in [4.78, 5) is 63.1. The Morgan fingerprint density at radius 1 is 0.493 bits per heavy atom. The number of amides is 2. The maximum Gasteiger partial charge on any atom is 0.373 e. The van der Waals surface area contributed by atoms with Gasteiger partial charge in [-0.15, -0.1) is 0 Å². The first kappa shape index (κ1) is 52.8. The molecule has 0 aliphatic carbocycles. The molecular weight excluding hydrogens is 968 g/mol. The molecule has 2 amide bonds. The van der Waals surface area contributed by atoms with Gasteiger partial charge in [-0.1, -0.05) is 168 Å². The van der Waals surface area contributed by atoms with E-state index in [-0.39, 0.29) is 36.2 Å². The molecule has 2 aliphatic heterocycles. The number of carbonyl (C=O) groups excluding carboxylic acids is 6. The summed E-state index contributed by atoms with van der Waals surface area (Å²) in [6.07, 6.45) is 0.500. The van der Waals surface area contributed by atoms with Crippen molar-refractivity contribution in [1.82, 2.24) is 29.4 Å². The summed E-state index contributed by atoms with van der Waals surface area (Å²) in [7, 11) is 0. The molecule has 0 fully saturated rings. The predicted octanol–water partition coefficient (Wildman–Crippen LogP) is 10.4. The highest BCUT2D eigenvalue weighted by atomic mass is 35.5. The number of rotatable bonds is 14. The molecular formula is C57H50Cl2N6O8. The van der Waals surface area contributed by atoms with Gasteiger partial charge in [-0.25, -0.2) is 0 Å². The number of fused-ring (bicyclic) bond motifs is 2. The summed E-state index contributed by atoms with van der Waals surface area (Å²) in [5, 5.41) is 10.9. The minimum Gasteiger partial charge on any atom is -0.374 e. The monoisotopic (exact) mass is 1020 g/mol. The first-order valence-electron chi connectivity index (χ1n) is 23.2. The largest absolute Gasteiger partial charge is 0.374 e. The third kappa shape index (κ3) is 14.5. The van der Waals surface area contributed by atoms with Crippen molar-refractivity contribution < 1.29 is 38.2 Å². The van der Waals surface area contributed by atoms with Gasteiger partial charge < -0.3 is 19.3 Å². The van der Waals surface area contributed by atoms with Gasteiger partial charge in [0, 0.05) is 47.4 Å². The Kier molecular flexibility index (Phi) is 19.1. The number of aryl methyl sites for hydroxylation is 1. The summed E-state index contributed by atoms with van der Waals surface area (Å²) < 4.78 is 15.8. The minimum atomic E-state index is -0.0812. The zero-order valence-electron chi connectivity index (χ0n) is 39.8. The second-order valence-corrected chi connectivity index (χ2v) is 17.9. The van der Waals surface area contributed by atoms with Crippen LogP contribution in [-0.2, 0) is 55.0 Å². The van der Waals surface area contributed by atoms with Crippen LogP contribution in [0.5, 0.6) is 0 Å². The molecule has 10 rings (SSSR count). The summed E-state index contributed by atoms with van der Waals surface area (Å²) in [6.45, 7) is 6.20. The van der Waals surface area contributed by atoms with Crippen LogP contribution >= 0.6 is 23.2 Å². The van der Waals surface area contributed by atoms with Crippen LogP contribution in [0.2, 0.25) is 10.0 Å². The Morgan fingerprint density at radius 3 is 1.26 bits per heavy atom. The lowest BCUT2D eigenvalue weighted by molar-refractivity contribution is -0.193. The Labute approximate surface area is 432 Å². The summed E-state index contributed by atoms with van der Waals surface area (Å²) in [6, 6.07) is 57.1. The molecule has 6 aromatic carbocycles. The van der Waals surface area contributed by atoms with E-state index in [0.29, 0.717) is 74.0 Å². The van der Waals surface area contributed by atoms with Crippen molar-refractivity contribution >= 4 is 47.3 Å². The van der Waals surface area contributed by atoms with E-state index in [1.807, 2.05) is 177 Å². The highest BCUT2D eigenvalue weighted by Gasteiger charge is 2.35. The average molecular weight is 1020 g/mol. The summed E-state index contributed by atoms with van der Waals surface area (Å²) >= 11 is 12.1. The van der Waals surface area contributed by atoms with Gasteiger partial charge in [0.05, 0.1) is 49.9 Å². The van der Waals surface area contributed by atoms with Crippen LogP contribution in [0.25, 0.3) is 22.5 Å². The van der Waals surface area contributed by atoms with Crippen molar-refractivity contribution in [2.24, 2.45) is 0 Å². The number of hydrogen-bond donors (Lipinski definition) is 0. The summed E-state index contributed by atoms with van der Waals surface area (Å²) in [5.74, 6) is -0.0422. The van der Waals surface area contributed by atoms with Gasteiger partial charge in [0.15, 0.2) is 0 Å². The molecule has 2 unspecified atom stereocenters. The average Bonchev–Trinajstić information content (AvgIpc) is 4.06. The van der Waals surface area contributed by atoms with Crippen molar-refractivity contribution in [2.45, 2.75) is 45.3 Å². The lowest BCUT2D eigenvalue weighted by Gasteiger charge is -2.33. The second-order valence-electron chi connectivity index (χ2n) is 17.1. The van der Waals surface area contributed by atoms with Crippen molar-refractivity contribution in [1.29, 1.82) is 0 Å². The minimum absolute atomic E-state index is 0.0199. The molecule has 2 aliphatic rings. The smallest absolute Gasteiger partial charge is 0.373 e. The van der Waals surface area contributed by atoms with E-state index in [4.69, 9.17) is 62.1 Å². The van der Waals surface area contributed by atoms with Crippen LogP contribution in [-0.4, -0.2) is 79.8 Å². The highest BCUT2D eigenvalue weighted by Crippen LogP contribution is 2.31. The number of benzene rings is 6. The van der Waals surface area contributed by atoms with E-state index in [1.54, 1.807) is 0 Å². The van der Waals surface area contributed by atoms with Crippen LogP contribution in [0.4, 0.5) is 0 Å². The van der Waals surface area contributed by atoms with Gasteiger partial charge >= 0.3 is 12.3 Å². The SMILES string of the molecule is Cc1cccc(CN2CC(COCc3ccccc3)n3nc(-c4ccc(Cl)cc4)cc3C2=O)c1.O=C1c2cc(-c3ccc(Cl)cc3)nn2C(COCc2ccccc2)CN1Cc1ccccc1.O=C=O.O=C=O. The molecule has 0 saturated carbocycles. The molecule has 370 valence electrons. The highest BCUT2D eigenvalue weighted by molar-refractivity contribution is 6.31. The van der Waals surface area contributed by atoms with Gasteiger partial charge in [0.2, 0.25) is 0 Å². The zero-order valence-corrected chi connectivity index (χ0v) is 41.3. The molecule has 4 heterocycles. The number of carbonyl (C=O) groups is 2. The van der Waals surface area contributed by atoms with Crippen LogP contribution in [0.3, 0.4) is 0 Å². The van der Waals surface area contributed by atoms with E-state index in [1.165, 1.54) is 5.56 Å². The van der Waals surface area contributed by atoms with E-state index < -0.39 is 0 Å². The van der Waals surface area contributed by atoms with Crippen LogP contribution < -0.4 is 0 Å². The molecule has 2 aromatic heterocycles. The second kappa shape index (κ2) is 26.4. The van der Waals surface area contributed by atoms with Crippen LogP contribution in [0, 0.1) is 6.92 Å².